The number of nitrogens with zero attached hydrogens (tertiary/aromatic N) is 1. The zero-order chi connectivity index (χ0) is 21.3. The highest BCUT2D eigenvalue weighted by molar-refractivity contribution is 7.13. The van der Waals surface area contributed by atoms with Crippen LogP contribution in [-0.4, -0.2) is 21.3 Å². The van der Waals surface area contributed by atoms with Gasteiger partial charge in [0.05, 0.1) is 22.0 Å². The summed E-state index contributed by atoms with van der Waals surface area (Å²) in [6, 6.07) is 17.2. The summed E-state index contributed by atoms with van der Waals surface area (Å²) in [6.07, 6.45) is 0. The average molecular weight is 457 g/mol. The fourth-order valence-corrected chi connectivity index (χ4v) is 4.33. The van der Waals surface area contributed by atoms with Crippen molar-refractivity contribution >= 4 is 46.2 Å². The molecule has 1 heterocycles. The van der Waals surface area contributed by atoms with E-state index >= 15 is 0 Å². The van der Waals surface area contributed by atoms with Crippen LogP contribution in [0.25, 0.3) is 33.0 Å². The molecule has 0 aliphatic rings. The number of aromatic carboxylic acids is 1. The van der Waals surface area contributed by atoms with E-state index in [-0.39, 0.29) is 5.56 Å². The maximum absolute atomic E-state index is 12.0. The molecule has 5 nitrogen and oxygen atoms in total. The molecular formula is C22H14Cl2N2O3S. The third-order valence-corrected chi connectivity index (χ3v) is 6.00. The molecule has 0 spiro atoms. The van der Waals surface area contributed by atoms with Crippen LogP contribution in [0.3, 0.4) is 0 Å². The second-order valence-electron chi connectivity index (χ2n) is 6.38. The van der Waals surface area contributed by atoms with Gasteiger partial charge < -0.3 is 5.11 Å². The Morgan fingerprint density at radius 3 is 2.53 bits per heavy atom. The monoisotopic (exact) mass is 456 g/mol. The molecule has 0 aliphatic carbocycles. The summed E-state index contributed by atoms with van der Waals surface area (Å²) in [4.78, 5) is 16.6. The normalized spacial score (nSPS) is 10.8. The van der Waals surface area contributed by atoms with E-state index in [0.29, 0.717) is 48.7 Å². The summed E-state index contributed by atoms with van der Waals surface area (Å²) in [5.74, 6) is -1.07. The fraction of sp³-hybridized carbons (Fsp3) is 0. The third kappa shape index (κ3) is 3.91. The highest BCUT2D eigenvalue weighted by Crippen LogP contribution is 2.37. The molecule has 0 saturated heterocycles. The number of aromatic nitrogens is 1. The Kier molecular flexibility index (Phi) is 5.74. The van der Waals surface area contributed by atoms with Gasteiger partial charge in [-0.15, -0.1) is 11.3 Å². The second kappa shape index (κ2) is 8.45. The molecule has 0 fully saturated rings. The van der Waals surface area contributed by atoms with Crippen molar-refractivity contribution in [2.45, 2.75) is 0 Å². The molecular weight excluding hydrogens is 443 g/mol. The van der Waals surface area contributed by atoms with Gasteiger partial charge in [-0.05, 0) is 35.9 Å². The topological polar surface area (TPSA) is 82.5 Å². The van der Waals surface area contributed by atoms with Gasteiger partial charge in [-0.25, -0.2) is 9.78 Å². The molecule has 0 bridgehead atoms. The number of para-hydroxylation sites is 1. The molecule has 0 radical (unpaired) electrons. The minimum Gasteiger partial charge on any atom is -0.478 e. The van der Waals surface area contributed by atoms with Crippen LogP contribution in [0, 0.1) is 0 Å². The Labute approximate surface area is 186 Å². The van der Waals surface area contributed by atoms with E-state index in [9.17, 15) is 15.1 Å². The summed E-state index contributed by atoms with van der Waals surface area (Å²) in [6.45, 7) is 0. The average Bonchev–Trinajstić information content (AvgIpc) is 3.25. The number of nitrogens with one attached hydrogen (secondary N) is 1. The van der Waals surface area contributed by atoms with Gasteiger partial charge in [0, 0.05) is 27.1 Å². The van der Waals surface area contributed by atoms with Gasteiger partial charge in [-0.2, -0.15) is 0 Å². The first-order chi connectivity index (χ1) is 14.5. The number of carboxylic acid groups (broad SMARTS) is 1. The molecule has 3 aromatic carbocycles. The molecule has 0 atom stereocenters. The molecule has 0 amide bonds. The molecule has 1 aromatic heterocycles. The van der Waals surface area contributed by atoms with Crippen molar-refractivity contribution in [2.24, 2.45) is 0 Å². The van der Waals surface area contributed by atoms with Crippen molar-refractivity contribution in [2.75, 3.05) is 5.48 Å². The van der Waals surface area contributed by atoms with Gasteiger partial charge in [0.1, 0.15) is 5.01 Å². The minimum atomic E-state index is -1.07. The van der Waals surface area contributed by atoms with Gasteiger partial charge in [-0.1, -0.05) is 53.5 Å². The molecule has 4 aromatic rings. The lowest BCUT2D eigenvalue weighted by molar-refractivity contribution is 0.0698. The van der Waals surface area contributed by atoms with E-state index in [1.807, 2.05) is 5.38 Å². The van der Waals surface area contributed by atoms with E-state index in [4.69, 9.17) is 23.2 Å². The number of thiazole rings is 1. The molecule has 0 aliphatic heterocycles. The van der Waals surface area contributed by atoms with Crippen LogP contribution in [-0.2, 0) is 0 Å². The van der Waals surface area contributed by atoms with E-state index in [1.165, 1.54) is 11.3 Å². The van der Waals surface area contributed by atoms with Gasteiger partial charge >= 0.3 is 5.97 Å². The Bertz CT molecular complexity index is 1260. The molecule has 0 saturated carbocycles. The Morgan fingerprint density at radius 2 is 1.77 bits per heavy atom. The highest BCUT2D eigenvalue weighted by Gasteiger charge is 2.17. The van der Waals surface area contributed by atoms with Crippen molar-refractivity contribution in [3.8, 4) is 33.0 Å². The van der Waals surface area contributed by atoms with Crippen LogP contribution in [0.15, 0.2) is 66.0 Å². The van der Waals surface area contributed by atoms with Gasteiger partial charge in [-0.3, -0.25) is 10.7 Å². The molecule has 0 unspecified atom stereocenters. The van der Waals surface area contributed by atoms with Crippen LogP contribution in [0.2, 0.25) is 10.0 Å². The van der Waals surface area contributed by atoms with Crippen molar-refractivity contribution in [3.63, 3.8) is 0 Å². The number of hydrogen-bond donors (Lipinski definition) is 3. The largest absolute Gasteiger partial charge is 0.478 e. The number of carbonyl (C=O) groups is 1. The summed E-state index contributed by atoms with van der Waals surface area (Å²) in [5, 5.41) is 22.7. The maximum Gasteiger partial charge on any atom is 0.336 e. The molecule has 4 rings (SSSR count). The first-order valence-electron chi connectivity index (χ1n) is 8.76. The van der Waals surface area contributed by atoms with Crippen LogP contribution in [0.5, 0.6) is 0 Å². The molecule has 30 heavy (non-hydrogen) atoms. The van der Waals surface area contributed by atoms with Crippen molar-refractivity contribution in [3.05, 3.63) is 81.7 Å². The van der Waals surface area contributed by atoms with Crippen molar-refractivity contribution < 1.29 is 15.1 Å². The highest BCUT2D eigenvalue weighted by atomic mass is 35.5. The fourth-order valence-electron chi connectivity index (χ4n) is 3.13. The number of hydrogen-bond acceptors (Lipinski definition) is 5. The smallest absolute Gasteiger partial charge is 0.336 e. The molecule has 3 N–H and O–H groups in total. The first kappa shape index (κ1) is 20.4. The van der Waals surface area contributed by atoms with E-state index in [1.54, 1.807) is 60.7 Å². The predicted molar refractivity (Wildman–Crippen MR) is 121 cm³/mol. The van der Waals surface area contributed by atoms with Crippen LogP contribution in [0.4, 0.5) is 5.69 Å². The molecule has 150 valence electrons. The van der Waals surface area contributed by atoms with Crippen LogP contribution in [0.1, 0.15) is 10.4 Å². The Balaban J connectivity index is 1.78. The van der Waals surface area contributed by atoms with Crippen LogP contribution >= 0.6 is 34.5 Å². The predicted octanol–water partition coefficient (Wildman–Crippen LogP) is 6.95. The summed E-state index contributed by atoms with van der Waals surface area (Å²) < 4.78 is 0. The van der Waals surface area contributed by atoms with E-state index in [0.717, 1.165) is 0 Å². The summed E-state index contributed by atoms with van der Waals surface area (Å²) >= 11 is 13.7. The Morgan fingerprint density at radius 1 is 0.967 bits per heavy atom. The SMILES string of the molecule is O=C(O)c1cc(-c2nc(-c3cc(Cl)ccc3Cl)cs2)ccc1-c1ccccc1NO. The lowest BCUT2D eigenvalue weighted by Gasteiger charge is -2.12. The Hall–Kier alpha value is -2.90. The van der Waals surface area contributed by atoms with Gasteiger partial charge in [0.2, 0.25) is 0 Å². The second-order valence-corrected chi connectivity index (χ2v) is 8.09. The lowest BCUT2D eigenvalue weighted by Crippen LogP contribution is -2.02. The number of anilines is 1. The van der Waals surface area contributed by atoms with Crippen molar-refractivity contribution in [1.82, 2.24) is 4.98 Å². The number of benzene rings is 3. The number of carboxylic acids is 1. The quantitative estimate of drug-likeness (QED) is 0.283. The van der Waals surface area contributed by atoms with Gasteiger partial charge in [0.25, 0.3) is 0 Å². The van der Waals surface area contributed by atoms with E-state index < -0.39 is 5.97 Å². The van der Waals surface area contributed by atoms with E-state index in [2.05, 4.69) is 10.5 Å². The maximum atomic E-state index is 12.0. The zero-order valence-electron chi connectivity index (χ0n) is 15.3. The lowest BCUT2D eigenvalue weighted by atomic mass is 9.96. The van der Waals surface area contributed by atoms with Gasteiger partial charge in [0.15, 0.2) is 0 Å². The van der Waals surface area contributed by atoms with Crippen LogP contribution < -0.4 is 5.48 Å². The molecule has 8 heteroatoms. The number of halogens is 2. The minimum absolute atomic E-state index is 0.104. The summed E-state index contributed by atoms with van der Waals surface area (Å²) in [7, 11) is 0. The standard InChI is InChI=1S/C22H14Cl2N2O3S/c23-13-6-8-18(24)17(10-13)20-11-30-21(25-20)12-5-7-14(16(9-12)22(27)28)15-3-1-2-4-19(15)26-29/h1-11,26,29H,(H,27,28). The van der Waals surface area contributed by atoms with Crippen molar-refractivity contribution in [1.29, 1.82) is 0 Å². The zero-order valence-corrected chi connectivity index (χ0v) is 17.6. The summed E-state index contributed by atoms with van der Waals surface area (Å²) in [5.41, 5.74) is 5.74. The first-order valence-corrected chi connectivity index (χ1v) is 10.4. The third-order valence-electron chi connectivity index (χ3n) is 4.54. The number of rotatable bonds is 5.